The standard InChI is InChI=1S/C13H13N3O3/c1-8-3-4-9(14)10(7-8)19-11-5-6-15-12(16-11)13(17)18-2/h3-7H,14H2,1-2H3. The maximum absolute atomic E-state index is 11.3. The fraction of sp³-hybridized carbons (Fsp3) is 0.154. The second-order valence-corrected chi connectivity index (χ2v) is 3.85. The first-order chi connectivity index (χ1) is 9.10. The normalized spacial score (nSPS) is 10.0. The zero-order chi connectivity index (χ0) is 13.8. The number of hydrogen-bond acceptors (Lipinski definition) is 6. The summed E-state index contributed by atoms with van der Waals surface area (Å²) in [4.78, 5) is 19.1. The predicted octanol–water partition coefficient (Wildman–Crippen LogP) is 1.95. The predicted molar refractivity (Wildman–Crippen MR) is 69.0 cm³/mol. The van der Waals surface area contributed by atoms with Crippen molar-refractivity contribution in [3.63, 3.8) is 0 Å². The van der Waals surface area contributed by atoms with Crippen LogP contribution in [0.25, 0.3) is 0 Å². The van der Waals surface area contributed by atoms with Crippen LogP contribution in [0, 0.1) is 6.92 Å². The summed E-state index contributed by atoms with van der Waals surface area (Å²) >= 11 is 0. The summed E-state index contributed by atoms with van der Waals surface area (Å²) in [5.74, 6) is 0.0242. The number of benzene rings is 1. The van der Waals surface area contributed by atoms with E-state index in [0.29, 0.717) is 11.4 Å². The zero-order valence-electron chi connectivity index (χ0n) is 10.6. The Morgan fingerprint density at radius 3 is 2.84 bits per heavy atom. The van der Waals surface area contributed by atoms with Crippen molar-refractivity contribution in [2.24, 2.45) is 0 Å². The van der Waals surface area contributed by atoms with Crippen molar-refractivity contribution in [2.45, 2.75) is 6.92 Å². The Kier molecular flexibility index (Phi) is 3.61. The second kappa shape index (κ2) is 5.34. The lowest BCUT2D eigenvalue weighted by Gasteiger charge is -2.08. The van der Waals surface area contributed by atoms with Crippen molar-refractivity contribution in [1.29, 1.82) is 0 Å². The molecular weight excluding hydrogens is 246 g/mol. The van der Waals surface area contributed by atoms with Gasteiger partial charge >= 0.3 is 5.97 Å². The first kappa shape index (κ1) is 12.8. The van der Waals surface area contributed by atoms with E-state index in [1.165, 1.54) is 19.4 Å². The van der Waals surface area contributed by atoms with Crippen molar-refractivity contribution >= 4 is 11.7 Å². The van der Waals surface area contributed by atoms with Crippen LogP contribution in [0.1, 0.15) is 16.2 Å². The summed E-state index contributed by atoms with van der Waals surface area (Å²) in [7, 11) is 1.26. The van der Waals surface area contributed by atoms with Gasteiger partial charge in [-0.15, -0.1) is 0 Å². The Labute approximate surface area is 110 Å². The van der Waals surface area contributed by atoms with Crippen molar-refractivity contribution in [1.82, 2.24) is 9.97 Å². The van der Waals surface area contributed by atoms with Gasteiger partial charge in [-0.2, -0.15) is 4.98 Å². The molecule has 6 nitrogen and oxygen atoms in total. The third kappa shape index (κ3) is 2.98. The van der Waals surface area contributed by atoms with E-state index >= 15 is 0 Å². The molecule has 0 bridgehead atoms. The molecule has 98 valence electrons. The molecule has 2 N–H and O–H groups in total. The highest BCUT2D eigenvalue weighted by atomic mass is 16.5. The number of aryl methyl sites for hydroxylation is 1. The van der Waals surface area contributed by atoms with E-state index in [4.69, 9.17) is 10.5 Å². The Hall–Kier alpha value is -2.63. The molecule has 0 unspecified atom stereocenters. The van der Waals surface area contributed by atoms with Gasteiger partial charge in [0, 0.05) is 12.3 Å². The van der Waals surface area contributed by atoms with Crippen molar-refractivity contribution in [3.8, 4) is 11.6 Å². The summed E-state index contributed by atoms with van der Waals surface area (Å²) in [6.07, 6.45) is 1.42. The van der Waals surface area contributed by atoms with Crippen molar-refractivity contribution in [2.75, 3.05) is 12.8 Å². The molecule has 19 heavy (non-hydrogen) atoms. The Bertz CT molecular complexity index is 614. The van der Waals surface area contributed by atoms with E-state index in [9.17, 15) is 4.79 Å². The number of ether oxygens (including phenoxy) is 2. The second-order valence-electron chi connectivity index (χ2n) is 3.85. The molecule has 1 aromatic heterocycles. The van der Waals surface area contributed by atoms with Crippen LogP contribution in [0.2, 0.25) is 0 Å². The topological polar surface area (TPSA) is 87.3 Å². The summed E-state index contributed by atoms with van der Waals surface area (Å²) in [5, 5.41) is 0. The smallest absolute Gasteiger partial charge is 0.376 e. The molecule has 0 aliphatic heterocycles. The quantitative estimate of drug-likeness (QED) is 0.669. The number of carbonyl (C=O) groups is 1. The molecule has 2 rings (SSSR count). The number of nitrogens with zero attached hydrogens (tertiary/aromatic N) is 2. The summed E-state index contributed by atoms with van der Waals surface area (Å²) in [6.45, 7) is 1.92. The van der Waals surface area contributed by atoms with Gasteiger partial charge in [-0.1, -0.05) is 6.07 Å². The van der Waals surface area contributed by atoms with Crippen LogP contribution in [0.5, 0.6) is 11.6 Å². The number of aromatic nitrogens is 2. The van der Waals surface area contributed by atoms with Crippen LogP contribution in [0.3, 0.4) is 0 Å². The van der Waals surface area contributed by atoms with E-state index in [-0.39, 0.29) is 11.7 Å². The van der Waals surface area contributed by atoms with E-state index in [0.717, 1.165) is 5.56 Å². The molecule has 0 aliphatic carbocycles. The van der Waals surface area contributed by atoms with Gasteiger partial charge in [0.05, 0.1) is 12.8 Å². The third-order valence-electron chi connectivity index (χ3n) is 2.38. The van der Waals surface area contributed by atoms with Crippen LogP contribution >= 0.6 is 0 Å². The van der Waals surface area contributed by atoms with Crippen LogP contribution in [-0.2, 0) is 4.74 Å². The molecular formula is C13H13N3O3. The molecule has 0 amide bonds. The Morgan fingerprint density at radius 2 is 2.11 bits per heavy atom. The first-order valence-electron chi connectivity index (χ1n) is 5.55. The van der Waals surface area contributed by atoms with Crippen molar-refractivity contribution in [3.05, 3.63) is 41.9 Å². The van der Waals surface area contributed by atoms with Crippen molar-refractivity contribution < 1.29 is 14.3 Å². The Balaban J connectivity index is 2.28. The number of rotatable bonds is 3. The third-order valence-corrected chi connectivity index (χ3v) is 2.38. The fourth-order valence-electron chi connectivity index (χ4n) is 1.43. The van der Waals surface area contributed by atoms with Crippen LogP contribution < -0.4 is 10.5 Å². The van der Waals surface area contributed by atoms with Gasteiger partial charge in [-0.3, -0.25) is 0 Å². The minimum Gasteiger partial charge on any atom is -0.463 e. The van der Waals surface area contributed by atoms with Gasteiger partial charge in [0.2, 0.25) is 11.7 Å². The number of hydrogen-bond donors (Lipinski definition) is 1. The largest absolute Gasteiger partial charge is 0.463 e. The number of esters is 1. The molecule has 6 heteroatoms. The van der Waals surface area contributed by atoms with Gasteiger partial charge < -0.3 is 15.2 Å². The molecule has 1 aromatic carbocycles. The fourth-order valence-corrected chi connectivity index (χ4v) is 1.43. The van der Waals surface area contributed by atoms with E-state index in [2.05, 4.69) is 14.7 Å². The Morgan fingerprint density at radius 1 is 1.32 bits per heavy atom. The molecule has 0 spiro atoms. The highest BCUT2D eigenvalue weighted by Gasteiger charge is 2.11. The van der Waals surface area contributed by atoms with Gasteiger partial charge in [0.1, 0.15) is 0 Å². The zero-order valence-corrected chi connectivity index (χ0v) is 10.6. The average Bonchev–Trinajstić information content (AvgIpc) is 2.42. The van der Waals surface area contributed by atoms with Gasteiger partial charge in [0.15, 0.2) is 5.75 Å². The molecule has 2 aromatic rings. The summed E-state index contributed by atoms with van der Waals surface area (Å²) < 4.78 is 10.1. The van der Waals surface area contributed by atoms with Crippen LogP contribution in [0.15, 0.2) is 30.5 Å². The first-order valence-corrected chi connectivity index (χ1v) is 5.55. The molecule has 0 radical (unpaired) electrons. The molecule has 0 atom stereocenters. The maximum Gasteiger partial charge on any atom is 0.376 e. The SMILES string of the molecule is COC(=O)c1nccc(Oc2cc(C)ccc2N)n1. The summed E-state index contributed by atoms with van der Waals surface area (Å²) in [5.41, 5.74) is 7.30. The highest BCUT2D eigenvalue weighted by Crippen LogP contribution is 2.27. The minimum atomic E-state index is -0.623. The lowest BCUT2D eigenvalue weighted by atomic mass is 10.2. The van der Waals surface area contributed by atoms with Crippen LogP contribution in [0.4, 0.5) is 5.69 Å². The number of nitrogen functional groups attached to an aromatic ring is 1. The number of nitrogens with two attached hydrogens (primary N) is 1. The lowest BCUT2D eigenvalue weighted by molar-refractivity contribution is 0.0585. The van der Waals surface area contributed by atoms with Gasteiger partial charge in [-0.05, 0) is 24.6 Å². The number of carbonyl (C=O) groups excluding carboxylic acids is 1. The minimum absolute atomic E-state index is 0.0637. The molecule has 0 saturated carbocycles. The van der Waals surface area contributed by atoms with Gasteiger partial charge in [0.25, 0.3) is 0 Å². The van der Waals surface area contributed by atoms with Gasteiger partial charge in [-0.25, -0.2) is 9.78 Å². The number of anilines is 1. The molecule has 0 saturated heterocycles. The maximum atomic E-state index is 11.3. The van der Waals surface area contributed by atoms with E-state index < -0.39 is 5.97 Å². The molecule has 0 aliphatic rings. The van der Waals surface area contributed by atoms with E-state index in [1.54, 1.807) is 12.1 Å². The molecule has 1 heterocycles. The van der Waals surface area contributed by atoms with E-state index in [1.807, 2.05) is 13.0 Å². The lowest BCUT2D eigenvalue weighted by Crippen LogP contribution is -2.07. The monoisotopic (exact) mass is 259 g/mol. The number of methoxy groups -OCH3 is 1. The highest BCUT2D eigenvalue weighted by molar-refractivity contribution is 5.85. The summed E-state index contributed by atoms with van der Waals surface area (Å²) in [6, 6.07) is 6.94. The molecule has 0 fully saturated rings. The average molecular weight is 259 g/mol. The van der Waals surface area contributed by atoms with Crippen LogP contribution in [-0.4, -0.2) is 23.0 Å².